The highest BCUT2D eigenvalue weighted by atomic mass is 16.5. The molecule has 0 aromatic heterocycles. The number of nitrogens with one attached hydrogen (secondary N) is 3. The minimum Gasteiger partial charge on any atom is -0.480 e. The zero-order valence-corrected chi connectivity index (χ0v) is 17.4. The Kier molecular flexibility index (Phi) is 18.7. The van der Waals surface area contributed by atoms with E-state index in [1.165, 1.54) is 7.05 Å². The lowest BCUT2D eigenvalue weighted by atomic mass is 10.1. The van der Waals surface area contributed by atoms with Gasteiger partial charge >= 0.3 is 5.97 Å². The summed E-state index contributed by atoms with van der Waals surface area (Å²) in [4.78, 5) is 43.9. The standard InChI is InChI=1S/C18H33N3O9/c1-19-15(18(25)26)2-3-16(23)20-4-7-28-12-13-30-14-17(24)21-5-8-27-10-11-29-9-6-22/h6,15,19H,2-5,7-14H2,1H3,(H,20,23)(H,21,24)(H,25,26). The van der Waals surface area contributed by atoms with Gasteiger partial charge in [0.05, 0.1) is 39.6 Å². The van der Waals surface area contributed by atoms with Crippen molar-refractivity contribution in [2.45, 2.75) is 18.9 Å². The average Bonchev–Trinajstić information content (AvgIpc) is 2.72. The maximum atomic E-state index is 11.6. The number of hydrogen-bond donors (Lipinski definition) is 4. The van der Waals surface area contributed by atoms with Crippen molar-refractivity contribution in [2.75, 3.05) is 73.0 Å². The van der Waals surface area contributed by atoms with Gasteiger partial charge in [0.15, 0.2) is 0 Å². The van der Waals surface area contributed by atoms with Gasteiger partial charge in [-0.1, -0.05) is 0 Å². The number of aliphatic carboxylic acids is 1. The molecule has 4 N–H and O–H groups in total. The summed E-state index contributed by atoms with van der Waals surface area (Å²) < 4.78 is 20.5. The van der Waals surface area contributed by atoms with Crippen LogP contribution in [0.2, 0.25) is 0 Å². The Balaban J connectivity index is 3.40. The third-order valence-corrected chi connectivity index (χ3v) is 3.61. The van der Waals surface area contributed by atoms with Crippen molar-refractivity contribution in [1.29, 1.82) is 0 Å². The first-order valence-corrected chi connectivity index (χ1v) is 9.69. The van der Waals surface area contributed by atoms with Gasteiger partial charge < -0.3 is 44.8 Å². The Morgan fingerprint density at radius 2 is 1.43 bits per heavy atom. The summed E-state index contributed by atoms with van der Waals surface area (Å²) in [5.74, 6) is -1.51. The van der Waals surface area contributed by atoms with E-state index in [1.807, 2.05) is 0 Å². The molecule has 0 aromatic carbocycles. The maximum absolute atomic E-state index is 11.6. The van der Waals surface area contributed by atoms with Gasteiger partial charge in [-0.25, -0.2) is 0 Å². The van der Waals surface area contributed by atoms with Crippen LogP contribution in [-0.4, -0.2) is 108 Å². The molecule has 0 aromatic rings. The molecule has 0 spiro atoms. The van der Waals surface area contributed by atoms with Crippen LogP contribution in [0.5, 0.6) is 0 Å². The lowest BCUT2D eigenvalue weighted by Gasteiger charge is -2.11. The first-order chi connectivity index (χ1) is 14.5. The molecule has 0 heterocycles. The molecule has 0 aliphatic rings. The topological polar surface area (TPSA) is 162 Å². The quantitative estimate of drug-likeness (QED) is 0.116. The highest BCUT2D eigenvalue weighted by molar-refractivity contribution is 5.78. The molecule has 12 heteroatoms. The van der Waals surface area contributed by atoms with Crippen molar-refractivity contribution in [3.8, 4) is 0 Å². The second-order valence-electron chi connectivity index (χ2n) is 5.94. The fourth-order valence-electron chi connectivity index (χ4n) is 2.07. The molecule has 0 bridgehead atoms. The van der Waals surface area contributed by atoms with Crippen molar-refractivity contribution in [3.63, 3.8) is 0 Å². The van der Waals surface area contributed by atoms with Crippen LogP contribution >= 0.6 is 0 Å². The lowest BCUT2D eigenvalue weighted by molar-refractivity contribution is -0.139. The first-order valence-electron chi connectivity index (χ1n) is 9.69. The molecule has 2 amide bonds. The van der Waals surface area contributed by atoms with Crippen molar-refractivity contribution >= 4 is 24.1 Å². The number of carbonyl (C=O) groups is 4. The van der Waals surface area contributed by atoms with Crippen LogP contribution in [0.1, 0.15) is 12.8 Å². The highest BCUT2D eigenvalue weighted by Gasteiger charge is 2.15. The second-order valence-corrected chi connectivity index (χ2v) is 5.94. The molecule has 0 fully saturated rings. The summed E-state index contributed by atoms with van der Waals surface area (Å²) in [7, 11) is 1.53. The zero-order valence-electron chi connectivity index (χ0n) is 17.4. The SMILES string of the molecule is CNC(CCC(=O)NCCOCCOCC(=O)NCCOCCOCC=O)C(=O)O. The number of carboxylic acid groups (broad SMARTS) is 1. The molecule has 1 atom stereocenters. The van der Waals surface area contributed by atoms with Crippen LogP contribution < -0.4 is 16.0 Å². The fraction of sp³-hybridized carbons (Fsp3) is 0.778. The summed E-state index contributed by atoms with van der Waals surface area (Å²) in [6.07, 6.45) is 0.974. The molecule has 174 valence electrons. The molecule has 0 aliphatic carbocycles. The van der Waals surface area contributed by atoms with Gasteiger partial charge in [0.1, 0.15) is 25.5 Å². The van der Waals surface area contributed by atoms with E-state index >= 15 is 0 Å². The van der Waals surface area contributed by atoms with Crippen molar-refractivity contribution < 1.29 is 43.2 Å². The summed E-state index contributed by atoms with van der Waals surface area (Å²) in [6, 6.07) is -0.747. The van der Waals surface area contributed by atoms with E-state index in [2.05, 4.69) is 16.0 Å². The largest absolute Gasteiger partial charge is 0.480 e. The number of likely N-dealkylation sites (N-methyl/N-ethyl adjacent to an activating group) is 1. The molecule has 12 nitrogen and oxygen atoms in total. The van der Waals surface area contributed by atoms with E-state index in [1.54, 1.807) is 0 Å². The van der Waals surface area contributed by atoms with Crippen LogP contribution in [0.3, 0.4) is 0 Å². The molecule has 1 unspecified atom stereocenters. The van der Waals surface area contributed by atoms with E-state index < -0.39 is 12.0 Å². The Morgan fingerprint density at radius 1 is 0.867 bits per heavy atom. The number of carboxylic acids is 1. The minimum absolute atomic E-state index is 0.0434. The summed E-state index contributed by atoms with van der Waals surface area (Å²) in [5, 5.41) is 16.7. The van der Waals surface area contributed by atoms with E-state index in [0.717, 1.165) is 0 Å². The van der Waals surface area contributed by atoms with E-state index in [0.29, 0.717) is 39.2 Å². The van der Waals surface area contributed by atoms with Crippen molar-refractivity contribution in [1.82, 2.24) is 16.0 Å². The number of carbonyl (C=O) groups excluding carboxylic acids is 3. The Labute approximate surface area is 175 Å². The van der Waals surface area contributed by atoms with Gasteiger partial charge in [0.2, 0.25) is 11.8 Å². The van der Waals surface area contributed by atoms with Crippen LogP contribution in [0.4, 0.5) is 0 Å². The number of amides is 2. The zero-order chi connectivity index (χ0) is 22.5. The first kappa shape index (κ1) is 27.9. The summed E-state index contributed by atoms with van der Waals surface area (Å²) >= 11 is 0. The third-order valence-electron chi connectivity index (χ3n) is 3.61. The smallest absolute Gasteiger partial charge is 0.320 e. The molecular weight excluding hydrogens is 402 g/mol. The molecular formula is C18H33N3O9. The van der Waals surface area contributed by atoms with Crippen molar-refractivity contribution in [2.24, 2.45) is 0 Å². The number of ether oxygens (including phenoxy) is 4. The normalized spacial score (nSPS) is 11.6. The van der Waals surface area contributed by atoms with Gasteiger partial charge in [-0.2, -0.15) is 0 Å². The van der Waals surface area contributed by atoms with Gasteiger partial charge in [-0.3, -0.25) is 14.4 Å². The molecule has 0 saturated heterocycles. The lowest BCUT2D eigenvalue weighted by Crippen LogP contribution is -2.36. The molecule has 30 heavy (non-hydrogen) atoms. The van der Waals surface area contributed by atoms with Crippen LogP contribution in [0, 0.1) is 0 Å². The molecule has 0 aliphatic heterocycles. The fourth-order valence-corrected chi connectivity index (χ4v) is 2.07. The minimum atomic E-state index is -0.992. The third kappa shape index (κ3) is 17.9. The van der Waals surface area contributed by atoms with E-state index in [-0.39, 0.29) is 57.7 Å². The number of hydrogen-bond acceptors (Lipinski definition) is 9. The number of aldehydes is 1. The van der Waals surface area contributed by atoms with E-state index in [9.17, 15) is 19.2 Å². The molecule has 0 rings (SSSR count). The van der Waals surface area contributed by atoms with Crippen LogP contribution in [0.15, 0.2) is 0 Å². The predicted molar refractivity (Wildman–Crippen MR) is 105 cm³/mol. The predicted octanol–water partition coefficient (Wildman–Crippen LogP) is -2.06. The Hall–Kier alpha value is -2.12. The number of rotatable bonds is 21. The Bertz CT molecular complexity index is 492. The van der Waals surface area contributed by atoms with Crippen molar-refractivity contribution in [3.05, 3.63) is 0 Å². The second kappa shape index (κ2) is 20.2. The van der Waals surface area contributed by atoms with Gasteiger partial charge in [0, 0.05) is 19.5 Å². The van der Waals surface area contributed by atoms with Gasteiger partial charge in [-0.05, 0) is 13.5 Å². The maximum Gasteiger partial charge on any atom is 0.320 e. The van der Waals surface area contributed by atoms with Crippen LogP contribution in [-0.2, 0) is 38.1 Å². The average molecular weight is 435 g/mol. The van der Waals surface area contributed by atoms with E-state index in [4.69, 9.17) is 24.1 Å². The monoisotopic (exact) mass is 435 g/mol. The summed E-state index contributed by atoms with van der Waals surface area (Å²) in [5.41, 5.74) is 0. The summed E-state index contributed by atoms with van der Waals surface area (Å²) in [6.45, 7) is 2.37. The molecule has 0 saturated carbocycles. The van der Waals surface area contributed by atoms with Gasteiger partial charge in [0.25, 0.3) is 0 Å². The van der Waals surface area contributed by atoms with Gasteiger partial charge in [-0.15, -0.1) is 0 Å². The Morgan fingerprint density at radius 3 is 2.00 bits per heavy atom. The van der Waals surface area contributed by atoms with Crippen LogP contribution in [0.25, 0.3) is 0 Å². The highest BCUT2D eigenvalue weighted by Crippen LogP contribution is 1.97. The molecule has 0 radical (unpaired) electrons.